The van der Waals surface area contributed by atoms with Crippen LogP contribution >= 0.6 is 0 Å². The number of hydrogen-bond acceptors (Lipinski definition) is 3. The van der Waals surface area contributed by atoms with Crippen molar-refractivity contribution in [1.29, 1.82) is 0 Å². The first-order valence-corrected chi connectivity index (χ1v) is 6.26. The van der Waals surface area contributed by atoms with Crippen molar-refractivity contribution < 1.29 is 9.90 Å². The Hall–Kier alpha value is -0.610. The van der Waals surface area contributed by atoms with Crippen molar-refractivity contribution in [3.63, 3.8) is 0 Å². The summed E-state index contributed by atoms with van der Waals surface area (Å²) in [5.41, 5.74) is -0.745. The van der Waals surface area contributed by atoms with E-state index in [1.54, 1.807) is 0 Å². The lowest BCUT2D eigenvalue weighted by Gasteiger charge is -2.26. The van der Waals surface area contributed by atoms with Gasteiger partial charge in [-0.3, -0.25) is 4.79 Å². The summed E-state index contributed by atoms with van der Waals surface area (Å²) in [7, 11) is 0. The SMILES string of the molecule is CCC(O)(CC)CNC(=O)C1CCNC1C. The Kier molecular flexibility index (Phi) is 4.74. The van der Waals surface area contributed by atoms with Gasteiger partial charge in [0.25, 0.3) is 0 Å². The molecule has 4 heteroatoms. The third-order valence-corrected chi connectivity index (χ3v) is 3.77. The second kappa shape index (κ2) is 5.64. The Balaban J connectivity index is 2.40. The fraction of sp³-hybridized carbons (Fsp3) is 0.917. The standard InChI is InChI=1S/C12H24N2O2/c1-4-12(16,5-2)8-14-11(15)10-6-7-13-9(10)3/h9-10,13,16H,4-8H2,1-3H3,(H,14,15). The molecule has 16 heavy (non-hydrogen) atoms. The molecule has 0 bridgehead atoms. The molecule has 1 aliphatic heterocycles. The number of carbonyl (C=O) groups excluding carboxylic acids is 1. The quantitative estimate of drug-likeness (QED) is 0.647. The van der Waals surface area contributed by atoms with Crippen molar-refractivity contribution in [3.05, 3.63) is 0 Å². The molecule has 1 rings (SSSR count). The van der Waals surface area contributed by atoms with E-state index >= 15 is 0 Å². The first-order chi connectivity index (χ1) is 7.52. The molecule has 0 aliphatic carbocycles. The number of aliphatic hydroxyl groups is 1. The highest BCUT2D eigenvalue weighted by Crippen LogP contribution is 2.17. The van der Waals surface area contributed by atoms with Gasteiger partial charge < -0.3 is 15.7 Å². The molecule has 0 aromatic heterocycles. The van der Waals surface area contributed by atoms with E-state index in [4.69, 9.17) is 0 Å². The zero-order valence-electron chi connectivity index (χ0n) is 10.5. The van der Waals surface area contributed by atoms with Gasteiger partial charge in [-0.25, -0.2) is 0 Å². The number of hydrogen-bond donors (Lipinski definition) is 3. The number of nitrogens with one attached hydrogen (secondary N) is 2. The molecule has 0 aromatic rings. The van der Waals surface area contributed by atoms with Crippen LogP contribution in [0.2, 0.25) is 0 Å². The van der Waals surface area contributed by atoms with Crippen molar-refractivity contribution >= 4 is 5.91 Å². The van der Waals surface area contributed by atoms with E-state index < -0.39 is 5.60 Å². The van der Waals surface area contributed by atoms with E-state index in [1.807, 2.05) is 20.8 Å². The molecule has 1 amide bonds. The van der Waals surface area contributed by atoms with Crippen LogP contribution in [-0.2, 0) is 4.79 Å². The first kappa shape index (κ1) is 13.5. The zero-order chi connectivity index (χ0) is 12.2. The minimum atomic E-state index is -0.745. The summed E-state index contributed by atoms with van der Waals surface area (Å²) in [6.07, 6.45) is 2.23. The van der Waals surface area contributed by atoms with Crippen LogP contribution in [-0.4, -0.2) is 35.7 Å². The van der Waals surface area contributed by atoms with Gasteiger partial charge in [-0.2, -0.15) is 0 Å². The highest BCUT2D eigenvalue weighted by molar-refractivity contribution is 5.79. The maximum atomic E-state index is 11.9. The van der Waals surface area contributed by atoms with E-state index in [2.05, 4.69) is 10.6 Å². The predicted octanol–water partition coefficient (Wildman–Crippen LogP) is 0.652. The summed E-state index contributed by atoms with van der Waals surface area (Å²) in [6, 6.07) is 0.247. The monoisotopic (exact) mass is 228 g/mol. The summed E-state index contributed by atoms with van der Waals surface area (Å²) >= 11 is 0. The lowest BCUT2D eigenvalue weighted by atomic mass is 9.96. The van der Waals surface area contributed by atoms with Gasteiger partial charge in [0, 0.05) is 12.6 Å². The molecule has 1 aliphatic rings. The average Bonchev–Trinajstić information content (AvgIpc) is 2.72. The Morgan fingerprint density at radius 2 is 2.12 bits per heavy atom. The molecule has 0 saturated carbocycles. The van der Waals surface area contributed by atoms with Gasteiger partial charge in [0.05, 0.1) is 11.5 Å². The van der Waals surface area contributed by atoms with Crippen LogP contribution in [0, 0.1) is 5.92 Å². The largest absolute Gasteiger partial charge is 0.388 e. The predicted molar refractivity (Wildman–Crippen MR) is 64.1 cm³/mol. The van der Waals surface area contributed by atoms with Gasteiger partial charge in [-0.05, 0) is 32.7 Å². The number of rotatable bonds is 5. The lowest BCUT2D eigenvalue weighted by Crippen LogP contribution is -2.45. The van der Waals surface area contributed by atoms with Gasteiger partial charge in [-0.1, -0.05) is 13.8 Å². The topological polar surface area (TPSA) is 61.4 Å². The van der Waals surface area contributed by atoms with Gasteiger partial charge in [-0.15, -0.1) is 0 Å². The summed E-state index contributed by atoms with van der Waals surface area (Å²) in [5.74, 6) is 0.121. The van der Waals surface area contributed by atoms with Gasteiger partial charge in [0.2, 0.25) is 5.91 Å². The van der Waals surface area contributed by atoms with E-state index in [-0.39, 0.29) is 17.9 Å². The number of amides is 1. The minimum Gasteiger partial charge on any atom is -0.388 e. The molecule has 2 unspecified atom stereocenters. The van der Waals surface area contributed by atoms with Crippen molar-refractivity contribution in [2.45, 2.75) is 51.7 Å². The summed E-state index contributed by atoms with van der Waals surface area (Å²) in [4.78, 5) is 11.9. The molecule has 0 radical (unpaired) electrons. The van der Waals surface area contributed by atoms with Crippen molar-refractivity contribution in [1.82, 2.24) is 10.6 Å². The second-order valence-corrected chi connectivity index (χ2v) is 4.79. The molecule has 1 saturated heterocycles. The molecule has 94 valence electrons. The van der Waals surface area contributed by atoms with Crippen LogP contribution in [0.25, 0.3) is 0 Å². The van der Waals surface area contributed by atoms with E-state index in [1.165, 1.54) is 0 Å². The second-order valence-electron chi connectivity index (χ2n) is 4.79. The molecular formula is C12H24N2O2. The van der Waals surface area contributed by atoms with Crippen LogP contribution in [0.3, 0.4) is 0 Å². The van der Waals surface area contributed by atoms with Crippen LogP contribution in [0.4, 0.5) is 0 Å². The summed E-state index contributed by atoms with van der Waals surface area (Å²) in [5, 5.41) is 16.2. The normalized spacial score (nSPS) is 25.8. The molecule has 3 N–H and O–H groups in total. The molecule has 0 spiro atoms. The zero-order valence-corrected chi connectivity index (χ0v) is 10.5. The van der Waals surface area contributed by atoms with Crippen LogP contribution in [0.15, 0.2) is 0 Å². The molecule has 0 aromatic carbocycles. The molecule has 1 fully saturated rings. The average molecular weight is 228 g/mol. The Morgan fingerprint density at radius 1 is 1.50 bits per heavy atom. The maximum Gasteiger partial charge on any atom is 0.224 e. The van der Waals surface area contributed by atoms with E-state index in [0.717, 1.165) is 13.0 Å². The van der Waals surface area contributed by atoms with Crippen molar-refractivity contribution in [3.8, 4) is 0 Å². The Morgan fingerprint density at radius 3 is 2.56 bits per heavy atom. The maximum absolute atomic E-state index is 11.9. The van der Waals surface area contributed by atoms with Gasteiger partial charge in [0.15, 0.2) is 0 Å². The van der Waals surface area contributed by atoms with Crippen LogP contribution in [0.1, 0.15) is 40.0 Å². The fourth-order valence-electron chi connectivity index (χ4n) is 2.10. The molecule has 4 nitrogen and oxygen atoms in total. The van der Waals surface area contributed by atoms with Crippen molar-refractivity contribution in [2.24, 2.45) is 5.92 Å². The van der Waals surface area contributed by atoms with Crippen LogP contribution < -0.4 is 10.6 Å². The molecular weight excluding hydrogens is 204 g/mol. The van der Waals surface area contributed by atoms with Gasteiger partial charge >= 0.3 is 0 Å². The molecule has 2 atom stereocenters. The summed E-state index contributed by atoms with van der Waals surface area (Å²) < 4.78 is 0. The highest BCUT2D eigenvalue weighted by Gasteiger charge is 2.31. The third-order valence-electron chi connectivity index (χ3n) is 3.77. The number of carbonyl (C=O) groups is 1. The molecule has 1 heterocycles. The Bertz CT molecular complexity index is 239. The summed E-state index contributed by atoms with van der Waals surface area (Å²) in [6.45, 7) is 7.18. The van der Waals surface area contributed by atoms with E-state index in [9.17, 15) is 9.90 Å². The minimum absolute atomic E-state index is 0.0537. The third kappa shape index (κ3) is 3.19. The van der Waals surface area contributed by atoms with Crippen molar-refractivity contribution in [2.75, 3.05) is 13.1 Å². The highest BCUT2D eigenvalue weighted by atomic mass is 16.3. The first-order valence-electron chi connectivity index (χ1n) is 6.26. The van der Waals surface area contributed by atoms with E-state index in [0.29, 0.717) is 19.4 Å². The smallest absolute Gasteiger partial charge is 0.224 e. The van der Waals surface area contributed by atoms with Crippen LogP contribution in [0.5, 0.6) is 0 Å². The lowest BCUT2D eigenvalue weighted by molar-refractivity contribution is -0.126. The Labute approximate surface area is 97.8 Å². The van der Waals surface area contributed by atoms with Gasteiger partial charge in [0.1, 0.15) is 0 Å². The fourth-order valence-corrected chi connectivity index (χ4v) is 2.10.